The Hall–Kier alpha value is -2.17. The number of benzene rings is 2. The number of nitrogens with zero attached hydrogens (tertiary/aromatic N) is 2. The molecule has 3 nitrogen and oxygen atoms in total. The lowest BCUT2D eigenvalue weighted by Crippen LogP contribution is -2.48. The number of hydrogen-bond donors (Lipinski definition) is 0. The topological polar surface area (TPSA) is 23.6 Å². The highest BCUT2D eigenvalue weighted by Crippen LogP contribution is 2.26. The van der Waals surface area contributed by atoms with Gasteiger partial charge in [-0.2, -0.15) is 0 Å². The molecular formula is C21H22N2OS. The van der Waals surface area contributed by atoms with Crippen LogP contribution in [-0.2, 0) is 6.54 Å². The summed E-state index contributed by atoms with van der Waals surface area (Å²) in [5.74, 6) is 0.178. The molecule has 1 fully saturated rings. The number of thiophene rings is 1. The van der Waals surface area contributed by atoms with Crippen LogP contribution in [0.4, 0.5) is 0 Å². The van der Waals surface area contributed by atoms with Crippen LogP contribution >= 0.6 is 11.3 Å². The molecule has 1 aromatic heterocycles. The average Bonchev–Trinajstić information content (AvgIpc) is 3.08. The first-order valence-corrected chi connectivity index (χ1v) is 9.57. The van der Waals surface area contributed by atoms with Crippen LogP contribution in [-0.4, -0.2) is 41.9 Å². The number of carbonyl (C=O) groups is 1. The van der Waals surface area contributed by atoms with E-state index in [0.717, 1.165) is 43.0 Å². The Morgan fingerprint density at radius 2 is 1.72 bits per heavy atom. The van der Waals surface area contributed by atoms with Crippen LogP contribution in [0.2, 0.25) is 0 Å². The van der Waals surface area contributed by atoms with Crippen molar-refractivity contribution in [2.45, 2.75) is 13.5 Å². The van der Waals surface area contributed by atoms with Crippen molar-refractivity contribution in [2.24, 2.45) is 0 Å². The van der Waals surface area contributed by atoms with E-state index in [1.54, 1.807) is 11.3 Å². The minimum absolute atomic E-state index is 0.178. The fourth-order valence-corrected chi connectivity index (χ4v) is 4.41. The maximum absolute atomic E-state index is 12.8. The molecule has 4 rings (SSSR count). The van der Waals surface area contributed by atoms with Crippen LogP contribution in [0.1, 0.15) is 20.8 Å². The van der Waals surface area contributed by atoms with Crippen LogP contribution in [0.15, 0.2) is 54.6 Å². The van der Waals surface area contributed by atoms with Gasteiger partial charge in [-0.05, 0) is 35.6 Å². The first kappa shape index (κ1) is 16.3. The van der Waals surface area contributed by atoms with Gasteiger partial charge in [0.15, 0.2) is 0 Å². The number of amides is 1. The maximum atomic E-state index is 12.8. The van der Waals surface area contributed by atoms with E-state index in [1.807, 2.05) is 23.1 Å². The fourth-order valence-electron chi connectivity index (χ4n) is 3.38. The van der Waals surface area contributed by atoms with Crippen molar-refractivity contribution in [2.75, 3.05) is 26.2 Å². The van der Waals surface area contributed by atoms with E-state index in [-0.39, 0.29) is 5.91 Å². The Morgan fingerprint density at radius 1 is 1.00 bits per heavy atom. The number of fused-ring (bicyclic) bond motifs is 1. The van der Waals surface area contributed by atoms with E-state index in [1.165, 1.54) is 15.8 Å². The standard InChI is InChI=1S/C21H22N2OS/c1-16-6-2-3-8-18(16)15-22-10-12-23(13-11-22)21(24)20-14-17-7-4-5-9-19(17)25-20/h2-9,14H,10-13,15H2,1H3. The van der Waals surface area contributed by atoms with Gasteiger partial charge in [-0.25, -0.2) is 0 Å². The van der Waals surface area contributed by atoms with Crippen molar-refractivity contribution in [3.8, 4) is 0 Å². The predicted octanol–water partition coefficient (Wildman–Crippen LogP) is 4.17. The van der Waals surface area contributed by atoms with Gasteiger partial charge in [0, 0.05) is 37.4 Å². The highest BCUT2D eigenvalue weighted by Gasteiger charge is 2.23. The molecule has 0 aliphatic carbocycles. The molecular weight excluding hydrogens is 328 g/mol. The Balaban J connectivity index is 1.39. The molecule has 0 N–H and O–H groups in total. The van der Waals surface area contributed by atoms with Crippen LogP contribution in [0.3, 0.4) is 0 Å². The zero-order chi connectivity index (χ0) is 17.2. The van der Waals surface area contributed by atoms with Crippen LogP contribution < -0.4 is 0 Å². The SMILES string of the molecule is Cc1ccccc1CN1CCN(C(=O)c2cc3ccccc3s2)CC1. The van der Waals surface area contributed by atoms with Crippen molar-refractivity contribution >= 4 is 27.3 Å². The molecule has 1 aliphatic rings. The second kappa shape index (κ2) is 6.98. The van der Waals surface area contributed by atoms with Crippen molar-refractivity contribution in [1.82, 2.24) is 9.80 Å². The van der Waals surface area contributed by atoms with Gasteiger partial charge in [-0.1, -0.05) is 42.5 Å². The third-order valence-corrected chi connectivity index (χ3v) is 6.06. The van der Waals surface area contributed by atoms with Crippen LogP contribution in [0.5, 0.6) is 0 Å². The summed E-state index contributed by atoms with van der Waals surface area (Å²) in [5, 5.41) is 1.16. The summed E-state index contributed by atoms with van der Waals surface area (Å²) in [6, 6.07) is 18.8. The summed E-state index contributed by atoms with van der Waals surface area (Å²) in [5.41, 5.74) is 2.72. The summed E-state index contributed by atoms with van der Waals surface area (Å²) >= 11 is 1.60. The zero-order valence-electron chi connectivity index (χ0n) is 14.4. The zero-order valence-corrected chi connectivity index (χ0v) is 15.3. The number of piperazine rings is 1. The monoisotopic (exact) mass is 350 g/mol. The molecule has 2 heterocycles. The van der Waals surface area contributed by atoms with E-state index < -0.39 is 0 Å². The van der Waals surface area contributed by atoms with Gasteiger partial charge in [-0.15, -0.1) is 11.3 Å². The Morgan fingerprint density at radius 3 is 2.48 bits per heavy atom. The number of carbonyl (C=O) groups excluding carboxylic acids is 1. The van der Waals surface area contributed by atoms with E-state index in [2.05, 4.69) is 48.2 Å². The summed E-state index contributed by atoms with van der Waals surface area (Å²) in [6.07, 6.45) is 0. The van der Waals surface area contributed by atoms with Crippen LogP contribution in [0.25, 0.3) is 10.1 Å². The van der Waals surface area contributed by atoms with Gasteiger partial charge in [0.05, 0.1) is 4.88 Å². The number of aryl methyl sites for hydroxylation is 1. The van der Waals surface area contributed by atoms with E-state index in [4.69, 9.17) is 0 Å². The molecule has 0 unspecified atom stereocenters. The fraction of sp³-hybridized carbons (Fsp3) is 0.286. The number of hydrogen-bond acceptors (Lipinski definition) is 3. The van der Waals surface area contributed by atoms with Gasteiger partial charge in [0.2, 0.25) is 0 Å². The minimum atomic E-state index is 0.178. The molecule has 0 spiro atoms. The molecule has 1 aliphatic heterocycles. The van der Waals surface area contributed by atoms with Crippen molar-refractivity contribution in [3.63, 3.8) is 0 Å². The summed E-state index contributed by atoms with van der Waals surface area (Å²) in [7, 11) is 0. The summed E-state index contributed by atoms with van der Waals surface area (Å²) in [6.45, 7) is 6.61. The van der Waals surface area contributed by atoms with E-state index >= 15 is 0 Å². The molecule has 4 heteroatoms. The molecule has 0 bridgehead atoms. The van der Waals surface area contributed by atoms with E-state index in [0.29, 0.717) is 0 Å². The molecule has 0 atom stereocenters. The summed E-state index contributed by atoms with van der Waals surface area (Å²) in [4.78, 5) is 18.1. The molecule has 1 amide bonds. The highest BCUT2D eigenvalue weighted by molar-refractivity contribution is 7.20. The lowest BCUT2D eigenvalue weighted by molar-refractivity contribution is 0.0633. The van der Waals surface area contributed by atoms with Crippen molar-refractivity contribution < 1.29 is 4.79 Å². The smallest absolute Gasteiger partial charge is 0.264 e. The highest BCUT2D eigenvalue weighted by atomic mass is 32.1. The van der Waals surface area contributed by atoms with Gasteiger partial charge in [0.25, 0.3) is 5.91 Å². The minimum Gasteiger partial charge on any atom is -0.335 e. The molecule has 2 aromatic carbocycles. The van der Waals surface area contributed by atoms with Crippen molar-refractivity contribution in [1.29, 1.82) is 0 Å². The molecule has 128 valence electrons. The third-order valence-electron chi connectivity index (χ3n) is 4.95. The maximum Gasteiger partial charge on any atom is 0.264 e. The largest absolute Gasteiger partial charge is 0.335 e. The second-order valence-corrected chi connectivity index (χ2v) is 7.73. The van der Waals surface area contributed by atoms with Gasteiger partial charge < -0.3 is 4.90 Å². The average molecular weight is 350 g/mol. The molecule has 25 heavy (non-hydrogen) atoms. The molecule has 1 saturated heterocycles. The third kappa shape index (κ3) is 3.46. The van der Waals surface area contributed by atoms with E-state index in [9.17, 15) is 4.79 Å². The van der Waals surface area contributed by atoms with Gasteiger partial charge in [-0.3, -0.25) is 9.69 Å². The molecule has 3 aromatic rings. The Kier molecular flexibility index (Phi) is 4.55. The lowest BCUT2D eigenvalue weighted by atomic mass is 10.1. The first-order valence-electron chi connectivity index (χ1n) is 8.75. The Bertz CT molecular complexity index is 861. The summed E-state index contributed by atoms with van der Waals surface area (Å²) < 4.78 is 1.18. The predicted molar refractivity (Wildman–Crippen MR) is 104 cm³/mol. The first-order chi connectivity index (χ1) is 12.2. The quantitative estimate of drug-likeness (QED) is 0.708. The van der Waals surface area contributed by atoms with Crippen LogP contribution in [0, 0.1) is 6.92 Å². The number of rotatable bonds is 3. The second-order valence-electron chi connectivity index (χ2n) is 6.64. The molecule has 0 radical (unpaired) electrons. The lowest BCUT2D eigenvalue weighted by Gasteiger charge is -2.34. The van der Waals surface area contributed by atoms with Gasteiger partial charge in [0.1, 0.15) is 0 Å². The normalized spacial score (nSPS) is 15.6. The van der Waals surface area contributed by atoms with Crippen molar-refractivity contribution in [3.05, 3.63) is 70.6 Å². The Labute approximate surface area is 152 Å². The van der Waals surface area contributed by atoms with Gasteiger partial charge >= 0.3 is 0 Å². The molecule has 0 saturated carbocycles.